The fourth-order valence-corrected chi connectivity index (χ4v) is 4.85. The lowest BCUT2D eigenvalue weighted by molar-refractivity contribution is -0.137. The summed E-state index contributed by atoms with van der Waals surface area (Å²) in [6, 6.07) is 15.6. The van der Waals surface area contributed by atoms with Gasteiger partial charge in [0.2, 0.25) is 17.7 Å². The summed E-state index contributed by atoms with van der Waals surface area (Å²) in [6.07, 6.45) is 1.22. The number of hydrogen-bond donors (Lipinski definition) is 2. The van der Waals surface area contributed by atoms with Gasteiger partial charge in [-0.25, -0.2) is 0 Å². The van der Waals surface area contributed by atoms with Crippen LogP contribution in [0.1, 0.15) is 24.0 Å². The van der Waals surface area contributed by atoms with Gasteiger partial charge in [0.15, 0.2) is 5.25 Å². The summed E-state index contributed by atoms with van der Waals surface area (Å²) in [4.78, 5) is 40.5. The van der Waals surface area contributed by atoms with Crippen LogP contribution < -0.4 is 10.6 Å². The van der Waals surface area contributed by atoms with Crippen molar-refractivity contribution in [2.45, 2.75) is 36.5 Å². The second-order valence-corrected chi connectivity index (χ2v) is 8.93. The van der Waals surface area contributed by atoms with Crippen LogP contribution in [-0.4, -0.2) is 41.0 Å². The van der Waals surface area contributed by atoms with Gasteiger partial charge in [0, 0.05) is 30.4 Å². The van der Waals surface area contributed by atoms with Crippen molar-refractivity contribution in [3.05, 3.63) is 59.7 Å². The van der Waals surface area contributed by atoms with Gasteiger partial charge in [-0.15, -0.1) is 11.8 Å². The molecule has 0 radical (unpaired) electrons. The Hall–Kier alpha value is -2.80. The highest BCUT2D eigenvalue weighted by molar-refractivity contribution is 8.01. The number of carbonyl (C=O) groups is 3. The molecule has 2 aromatic carbocycles. The molecule has 2 N–H and O–H groups in total. The maximum absolute atomic E-state index is 12.9. The minimum Gasteiger partial charge on any atom is -0.352 e. The number of anilines is 1. The van der Waals surface area contributed by atoms with Crippen molar-refractivity contribution in [2.24, 2.45) is 5.92 Å². The molecule has 3 amide bonds. The highest BCUT2D eigenvalue weighted by Crippen LogP contribution is 2.36. The van der Waals surface area contributed by atoms with Crippen molar-refractivity contribution in [1.29, 1.82) is 0 Å². The Morgan fingerprint density at radius 1 is 1.10 bits per heavy atom. The maximum Gasteiger partial charge on any atom is 0.247 e. The first-order chi connectivity index (χ1) is 14.5. The predicted octanol–water partition coefficient (Wildman–Crippen LogP) is 2.96. The smallest absolute Gasteiger partial charge is 0.247 e. The van der Waals surface area contributed by atoms with Crippen molar-refractivity contribution in [3.63, 3.8) is 0 Å². The summed E-state index contributed by atoms with van der Waals surface area (Å²) in [5.41, 5.74) is 3.01. The quantitative estimate of drug-likeness (QED) is 0.741. The molecule has 0 aliphatic carbocycles. The number of aryl methyl sites for hydroxylation is 1. The second kappa shape index (κ2) is 8.92. The van der Waals surface area contributed by atoms with Gasteiger partial charge in [-0.1, -0.05) is 42.0 Å². The number of para-hydroxylation sites is 1. The lowest BCUT2D eigenvalue weighted by Crippen LogP contribution is -2.49. The van der Waals surface area contributed by atoms with Gasteiger partial charge in [-0.2, -0.15) is 0 Å². The first-order valence-electron chi connectivity index (χ1n) is 10.2. The molecule has 2 aromatic rings. The van der Waals surface area contributed by atoms with E-state index in [1.165, 1.54) is 17.3 Å². The van der Waals surface area contributed by atoms with Crippen LogP contribution >= 0.6 is 11.8 Å². The zero-order valence-corrected chi connectivity index (χ0v) is 17.7. The van der Waals surface area contributed by atoms with Crippen LogP contribution in [-0.2, 0) is 20.9 Å². The molecule has 1 unspecified atom stereocenters. The molecule has 1 fully saturated rings. The molecule has 30 heavy (non-hydrogen) atoms. The minimum atomic E-state index is -0.771. The van der Waals surface area contributed by atoms with Crippen molar-refractivity contribution in [3.8, 4) is 0 Å². The third-order valence-corrected chi connectivity index (χ3v) is 6.88. The number of rotatable bonds is 4. The lowest BCUT2D eigenvalue weighted by Gasteiger charge is -2.34. The fraction of sp³-hybridized carbons (Fsp3) is 0.348. The molecule has 0 spiro atoms. The van der Waals surface area contributed by atoms with Crippen molar-refractivity contribution in [1.82, 2.24) is 10.2 Å². The molecule has 0 aromatic heterocycles. The minimum absolute atomic E-state index is 0.0291. The SMILES string of the molecule is Cc1ccc(CNC(=O)C2CCN(C(=O)C3Sc4ccccc4NC3=O)CC2)cc1. The molecule has 0 saturated carbocycles. The number of nitrogens with zero attached hydrogens (tertiary/aromatic N) is 1. The van der Waals surface area contributed by atoms with E-state index >= 15 is 0 Å². The maximum atomic E-state index is 12.9. The number of amides is 3. The molecule has 6 nitrogen and oxygen atoms in total. The van der Waals surface area contributed by atoms with Gasteiger partial charge in [0.1, 0.15) is 0 Å². The van der Waals surface area contributed by atoms with E-state index in [9.17, 15) is 14.4 Å². The second-order valence-electron chi connectivity index (χ2n) is 7.79. The summed E-state index contributed by atoms with van der Waals surface area (Å²) < 4.78 is 0. The van der Waals surface area contributed by atoms with E-state index in [0.29, 0.717) is 32.5 Å². The highest BCUT2D eigenvalue weighted by Gasteiger charge is 2.37. The Kier molecular flexibility index (Phi) is 6.08. The Morgan fingerprint density at radius 3 is 2.53 bits per heavy atom. The van der Waals surface area contributed by atoms with E-state index in [-0.39, 0.29) is 23.6 Å². The average Bonchev–Trinajstić information content (AvgIpc) is 2.77. The van der Waals surface area contributed by atoms with Crippen LogP contribution in [0.15, 0.2) is 53.4 Å². The summed E-state index contributed by atoms with van der Waals surface area (Å²) >= 11 is 1.30. The molecule has 0 bridgehead atoms. The molecular formula is C23H25N3O3S. The van der Waals surface area contributed by atoms with Crippen LogP contribution in [0.3, 0.4) is 0 Å². The molecule has 4 rings (SSSR count). The molecule has 7 heteroatoms. The topological polar surface area (TPSA) is 78.5 Å². The van der Waals surface area contributed by atoms with Crippen LogP contribution in [0.25, 0.3) is 0 Å². The number of benzene rings is 2. The Bertz CT molecular complexity index is 952. The van der Waals surface area contributed by atoms with Gasteiger partial charge in [0.05, 0.1) is 5.69 Å². The normalized spacial score (nSPS) is 19.0. The van der Waals surface area contributed by atoms with Crippen molar-refractivity contribution < 1.29 is 14.4 Å². The molecule has 1 atom stereocenters. The largest absolute Gasteiger partial charge is 0.352 e. The Balaban J connectivity index is 1.28. The number of nitrogens with one attached hydrogen (secondary N) is 2. The first-order valence-corrected chi connectivity index (χ1v) is 11.1. The molecule has 2 aliphatic rings. The summed E-state index contributed by atoms with van der Waals surface area (Å²) in [5.74, 6) is -0.526. The predicted molar refractivity (Wildman–Crippen MR) is 117 cm³/mol. The number of likely N-dealkylation sites (tertiary alicyclic amines) is 1. The zero-order valence-electron chi connectivity index (χ0n) is 16.9. The number of thioether (sulfide) groups is 1. The molecule has 2 aliphatic heterocycles. The zero-order chi connectivity index (χ0) is 21.1. The van der Waals surface area contributed by atoms with E-state index < -0.39 is 5.25 Å². The van der Waals surface area contributed by atoms with E-state index in [1.54, 1.807) is 4.90 Å². The number of carbonyl (C=O) groups excluding carboxylic acids is 3. The lowest BCUT2D eigenvalue weighted by atomic mass is 9.95. The van der Waals surface area contributed by atoms with Crippen LogP contribution in [0.4, 0.5) is 5.69 Å². The monoisotopic (exact) mass is 423 g/mol. The number of piperidine rings is 1. The third kappa shape index (κ3) is 4.51. The average molecular weight is 424 g/mol. The molecule has 2 heterocycles. The fourth-order valence-electron chi connectivity index (χ4n) is 3.78. The number of fused-ring (bicyclic) bond motifs is 1. The standard InChI is InChI=1S/C23H25N3O3S/c1-15-6-8-16(9-7-15)14-24-21(27)17-10-12-26(13-11-17)23(29)20-22(28)25-18-4-2-3-5-19(18)30-20/h2-9,17,20H,10-14H2,1H3,(H,24,27)(H,25,28). The van der Waals surface area contributed by atoms with E-state index in [0.717, 1.165) is 16.1 Å². The Morgan fingerprint density at radius 2 is 1.80 bits per heavy atom. The van der Waals surface area contributed by atoms with Gasteiger partial charge >= 0.3 is 0 Å². The summed E-state index contributed by atoms with van der Waals surface area (Å²) in [7, 11) is 0. The van der Waals surface area contributed by atoms with Gasteiger partial charge in [0.25, 0.3) is 0 Å². The number of hydrogen-bond acceptors (Lipinski definition) is 4. The molecule has 156 valence electrons. The van der Waals surface area contributed by atoms with Gasteiger partial charge < -0.3 is 15.5 Å². The molecule has 1 saturated heterocycles. The van der Waals surface area contributed by atoms with E-state index in [2.05, 4.69) is 10.6 Å². The van der Waals surface area contributed by atoms with Crippen LogP contribution in [0, 0.1) is 12.8 Å². The van der Waals surface area contributed by atoms with E-state index in [1.807, 2.05) is 55.5 Å². The third-order valence-electron chi connectivity index (χ3n) is 5.62. The van der Waals surface area contributed by atoms with Crippen molar-refractivity contribution >= 4 is 35.2 Å². The van der Waals surface area contributed by atoms with Gasteiger partial charge in [-0.3, -0.25) is 14.4 Å². The van der Waals surface area contributed by atoms with Gasteiger partial charge in [-0.05, 0) is 37.5 Å². The highest BCUT2D eigenvalue weighted by atomic mass is 32.2. The van der Waals surface area contributed by atoms with E-state index in [4.69, 9.17) is 0 Å². The summed E-state index contributed by atoms with van der Waals surface area (Å²) in [5, 5.41) is 5.05. The first kappa shape index (κ1) is 20.5. The van der Waals surface area contributed by atoms with Crippen LogP contribution in [0.5, 0.6) is 0 Å². The summed E-state index contributed by atoms with van der Waals surface area (Å²) in [6.45, 7) is 3.53. The van der Waals surface area contributed by atoms with Crippen molar-refractivity contribution in [2.75, 3.05) is 18.4 Å². The van der Waals surface area contributed by atoms with Crippen LogP contribution in [0.2, 0.25) is 0 Å². The Labute approximate surface area is 180 Å². The molecular weight excluding hydrogens is 398 g/mol.